The number of halogens is 1. The molecule has 2 aliphatic rings. The van der Waals surface area contributed by atoms with E-state index < -0.39 is 15.8 Å². The summed E-state index contributed by atoms with van der Waals surface area (Å²) in [7, 11) is -3.92. The summed E-state index contributed by atoms with van der Waals surface area (Å²) in [5.41, 5.74) is 1.35. The van der Waals surface area contributed by atoms with Gasteiger partial charge in [-0.25, -0.2) is 12.8 Å². The van der Waals surface area contributed by atoms with Gasteiger partial charge in [-0.05, 0) is 61.7 Å². The SMILES string of the molecule is Cc1ccc(S(=O)(=O)Nc2ccc(F)cc2)cc1C(=O)N1CCN(CC2CCCO2)CC1. The van der Waals surface area contributed by atoms with Crippen molar-refractivity contribution in [1.82, 2.24) is 9.80 Å². The van der Waals surface area contributed by atoms with Gasteiger partial charge in [0, 0.05) is 50.6 Å². The second-order valence-corrected chi connectivity index (χ2v) is 10.00. The van der Waals surface area contributed by atoms with E-state index >= 15 is 0 Å². The van der Waals surface area contributed by atoms with Crippen molar-refractivity contribution in [2.24, 2.45) is 0 Å². The lowest BCUT2D eigenvalue weighted by atomic mass is 10.1. The first-order valence-electron chi connectivity index (χ1n) is 10.8. The highest BCUT2D eigenvalue weighted by Crippen LogP contribution is 2.22. The summed E-state index contributed by atoms with van der Waals surface area (Å²) in [4.78, 5) is 17.3. The highest BCUT2D eigenvalue weighted by Gasteiger charge is 2.27. The number of nitrogens with one attached hydrogen (secondary N) is 1. The van der Waals surface area contributed by atoms with E-state index in [4.69, 9.17) is 4.74 Å². The minimum absolute atomic E-state index is 0.00667. The number of piperazine rings is 1. The first kappa shape index (κ1) is 22.7. The molecule has 0 bridgehead atoms. The number of benzene rings is 2. The molecule has 1 unspecified atom stereocenters. The fraction of sp³-hybridized carbons (Fsp3) is 0.435. The minimum Gasteiger partial charge on any atom is -0.377 e. The Morgan fingerprint density at radius 3 is 2.50 bits per heavy atom. The molecule has 2 aromatic carbocycles. The molecule has 1 amide bonds. The maximum atomic E-state index is 13.2. The highest BCUT2D eigenvalue weighted by molar-refractivity contribution is 7.92. The zero-order valence-electron chi connectivity index (χ0n) is 18.1. The lowest BCUT2D eigenvalue weighted by molar-refractivity contribution is 0.0432. The fourth-order valence-electron chi connectivity index (χ4n) is 4.11. The van der Waals surface area contributed by atoms with Gasteiger partial charge < -0.3 is 9.64 Å². The normalized spacial score (nSPS) is 19.8. The van der Waals surface area contributed by atoms with E-state index in [1.807, 2.05) is 0 Å². The fourth-order valence-corrected chi connectivity index (χ4v) is 5.20. The van der Waals surface area contributed by atoms with Crippen LogP contribution in [0.25, 0.3) is 0 Å². The summed E-state index contributed by atoms with van der Waals surface area (Å²) in [5, 5.41) is 0. The van der Waals surface area contributed by atoms with Crippen molar-refractivity contribution >= 4 is 21.6 Å². The number of carbonyl (C=O) groups excluding carboxylic acids is 1. The maximum absolute atomic E-state index is 13.2. The van der Waals surface area contributed by atoms with Crippen LogP contribution in [0, 0.1) is 12.7 Å². The average molecular weight is 462 g/mol. The molecule has 9 heteroatoms. The molecule has 0 aliphatic carbocycles. The number of aryl methyl sites for hydroxylation is 1. The zero-order valence-corrected chi connectivity index (χ0v) is 18.9. The van der Waals surface area contributed by atoms with Crippen LogP contribution in [0.5, 0.6) is 0 Å². The molecular formula is C23H28FN3O4S. The van der Waals surface area contributed by atoms with Crippen molar-refractivity contribution < 1.29 is 22.3 Å². The number of carbonyl (C=O) groups is 1. The first-order chi connectivity index (χ1) is 15.3. The predicted molar refractivity (Wildman–Crippen MR) is 120 cm³/mol. The molecule has 0 radical (unpaired) electrons. The van der Waals surface area contributed by atoms with Crippen LogP contribution in [0.1, 0.15) is 28.8 Å². The van der Waals surface area contributed by atoms with Gasteiger partial charge in [0.25, 0.3) is 15.9 Å². The Balaban J connectivity index is 1.44. The Bertz CT molecular complexity index is 1060. The van der Waals surface area contributed by atoms with Gasteiger partial charge in [-0.3, -0.25) is 14.4 Å². The van der Waals surface area contributed by atoms with Crippen LogP contribution >= 0.6 is 0 Å². The van der Waals surface area contributed by atoms with Crippen LogP contribution in [0.2, 0.25) is 0 Å². The topological polar surface area (TPSA) is 79.0 Å². The number of nitrogens with zero attached hydrogens (tertiary/aromatic N) is 2. The maximum Gasteiger partial charge on any atom is 0.261 e. The smallest absolute Gasteiger partial charge is 0.261 e. The number of anilines is 1. The third kappa shape index (κ3) is 5.28. The van der Waals surface area contributed by atoms with Crippen LogP contribution in [0.4, 0.5) is 10.1 Å². The van der Waals surface area contributed by atoms with Gasteiger partial charge in [0.05, 0.1) is 11.0 Å². The number of hydrogen-bond donors (Lipinski definition) is 1. The molecule has 2 fully saturated rings. The summed E-state index contributed by atoms with van der Waals surface area (Å²) in [6, 6.07) is 9.59. The Labute approximate surface area is 188 Å². The molecule has 2 saturated heterocycles. The van der Waals surface area contributed by atoms with Crippen LogP contribution in [0.3, 0.4) is 0 Å². The highest BCUT2D eigenvalue weighted by atomic mass is 32.2. The van der Waals surface area contributed by atoms with E-state index in [1.54, 1.807) is 17.9 Å². The monoisotopic (exact) mass is 461 g/mol. The van der Waals surface area contributed by atoms with Gasteiger partial charge in [-0.1, -0.05) is 6.07 Å². The van der Waals surface area contributed by atoms with Gasteiger partial charge >= 0.3 is 0 Å². The third-order valence-electron chi connectivity index (χ3n) is 5.99. The van der Waals surface area contributed by atoms with E-state index in [9.17, 15) is 17.6 Å². The van der Waals surface area contributed by atoms with Crippen LogP contribution in [0.15, 0.2) is 47.4 Å². The lowest BCUT2D eigenvalue weighted by Crippen LogP contribution is -2.50. The average Bonchev–Trinajstić information content (AvgIpc) is 3.28. The van der Waals surface area contributed by atoms with Crippen molar-refractivity contribution in [3.05, 3.63) is 59.4 Å². The lowest BCUT2D eigenvalue weighted by Gasteiger charge is -2.36. The largest absolute Gasteiger partial charge is 0.377 e. The van der Waals surface area contributed by atoms with E-state index in [2.05, 4.69) is 9.62 Å². The zero-order chi connectivity index (χ0) is 22.7. The number of rotatable bonds is 6. The number of sulfonamides is 1. The molecule has 7 nitrogen and oxygen atoms in total. The molecule has 2 aromatic rings. The molecule has 1 N–H and O–H groups in total. The Kier molecular flexibility index (Phi) is 6.78. The number of ether oxygens (including phenoxy) is 1. The summed E-state index contributed by atoms with van der Waals surface area (Å²) in [5.74, 6) is -0.620. The van der Waals surface area contributed by atoms with Crippen LogP contribution < -0.4 is 4.72 Å². The van der Waals surface area contributed by atoms with Crippen molar-refractivity contribution in [2.45, 2.75) is 30.8 Å². The van der Waals surface area contributed by atoms with Crippen LogP contribution in [-0.4, -0.2) is 69.6 Å². The number of amides is 1. The third-order valence-corrected chi connectivity index (χ3v) is 7.37. The predicted octanol–water partition coefficient (Wildman–Crippen LogP) is 2.87. The van der Waals surface area contributed by atoms with E-state index in [0.717, 1.165) is 44.6 Å². The molecule has 0 saturated carbocycles. The van der Waals surface area contributed by atoms with Gasteiger partial charge in [0.1, 0.15) is 5.82 Å². The quantitative estimate of drug-likeness (QED) is 0.716. The second-order valence-electron chi connectivity index (χ2n) is 8.32. The standard InChI is InChI=1S/C23H28FN3O4S/c1-17-4-9-21(32(29,30)25-19-7-5-18(24)6-8-19)15-22(17)23(28)27-12-10-26(11-13-27)16-20-3-2-14-31-20/h4-9,15,20,25H,2-3,10-14,16H2,1H3. The van der Waals surface area contributed by atoms with E-state index in [1.165, 1.54) is 36.4 Å². The van der Waals surface area contributed by atoms with Gasteiger partial charge in [0.15, 0.2) is 0 Å². The minimum atomic E-state index is -3.92. The van der Waals surface area contributed by atoms with Crippen molar-refractivity contribution in [3.8, 4) is 0 Å². The molecule has 4 rings (SSSR count). The molecular weight excluding hydrogens is 433 g/mol. The molecule has 1 atom stereocenters. The Hall–Kier alpha value is -2.49. The summed E-state index contributed by atoms with van der Waals surface area (Å²) < 4.78 is 46.9. The van der Waals surface area contributed by atoms with E-state index in [-0.39, 0.29) is 22.6 Å². The van der Waals surface area contributed by atoms with Crippen molar-refractivity contribution in [2.75, 3.05) is 44.1 Å². The summed E-state index contributed by atoms with van der Waals surface area (Å²) in [6.45, 7) is 6.25. The first-order valence-corrected chi connectivity index (χ1v) is 12.3. The second kappa shape index (κ2) is 9.56. The Morgan fingerprint density at radius 2 is 1.84 bits per heavy atom. The van der Waals surface area contributed by atoms with Crippen LogP contribution in [-0.2, 0) is 14.8 Å². The molecule has 32 heavy (non-hydrogen) atoms. The molecule has 0 spiro atoms. The van der Waals surface area contributed by atoms with Crippen molar-refractivity contribution in [1.29, 1.82) is 0 Å². The molecule has 172 valence electrons. The van der Waals surface area contributed by atoms with Gasteiger partial charge in [-0.2, -0.15) is 0 Å². The van der Waals surface area contributed by atoms with E-state index in [0.29, 0.717) is 18.7 Å². The molecule has 0 aromatic heterocycles. The summed E-state index contributed by atoms with van der Waals surface area (Å²) >= 11 is 0. The Morgan fingerprint density at radius 1 is 1.12 bits per heavy atom. The van der Waals surface area contributed by atoms with Gasteiger partial charge in [-0.15, -0.1) is 0 Å². The molecule has 2 aliphatic heterocycles. The van der Waals surface area contributed by atoms with Crippen molar-refractivity contribution in [3.63, 3.8) is 0 Å². The summed E-state index contributed by atoms with van der Waals surface area (Å²) in [6.07, 6.45) is 2.48. The van der Waals surface area contributed by atoms with Gasteiger partial charge in [0.2, 0.25) is 0 Å². The molecule has 2 heterocycles. The number of hydrogen-bond acceptors (Lipinski definition) is 5.